The first-order valence-electron chi connectivity index (χ1n) is 6.98. The highest BCUT2D eigenvalue weighted by Crippen LogP contribution is 2.20. The molecule has 2 rings (SSSR count). The van der Waals surface area contributed by atoms with Gasteiger partial charge < -0.3 is 11.1 Å². The summed E-state index contributed by atoms with van der Waals surface area (Å²) in [6.07, 6.45) is 1.39. The number of amides is 1. The second kappa shape index (κ2) is 6.55. The first-order valence-corrected chi connectivity index (χ1v) is 8.42. The molecule has 0 spiro atoms. The van der Waals surface area contributed by atoms with Gasteiger partial charge in [-0.1, -0.05) is 12.1 Å². The van der Waals surface area contributed by atoms with Crippen LogP contribution in [0.5, 0.6) is 0 Å². The molecule has 0 aliphatic carbocycles. The summed E-state index contributed by atoms with van der Waals surface area (Å²) in [5.74, 6) is -0.114. The van der Waals surface area contributed by atoms with Gasteiger partial charge in [0.2, 0.25) is 15.9 Å². The summed E-state index contributed by atoms with van der Waals surface area (Å²) in [4.78, 5) is 11.1. The molecule has 0 aromatic heterocycles. The summed E-state index contributed by atoms with van der Waals surface area (Å²) in [7, 11) is -3.44. The Balaban J connectivity index is 2.08. The second-order valence-electron chi connectivity index (χ2n) is 5.30. The summed E-state index contributed by atoms with van der Waals surface area (Å²) in [6, 6.07) is 6.70. The third-order valence-corrected chi connectivity index (χ3v) is 5.51. The number of hydrogen-bond acceptors (Lipinski definition) is 4. The number of piperidine rings is 1. The van der Waals surface area contributed by atoms with Crippen LogP contribution >= 0.6 is 0 Å². The lowest BCUT2D eigenvalue weighted by molar-refractivity contribution is -0.119. The Hall–Kier alpha value is -1.44. The molecular weight excluding hydrogens is 290 g/mol. The molecule has 1 aliphatic rings. The Labute approximate surface area is 125 Å². The summed E-state index contributed by atoms with van der Waals surface area (Å²) in [6.45, 7) is 2.78. The molecule has 3 N–H and O–H groups in total. The molecule has 1 fully saturated rings. The average molecular weight is 311 g/mol. The van der Waals surface area contributed by atoms with Crippen molar-refractivity contribution < 1.29 is 13.2 Å². The number of nitrogens with one attached hydrogen (secondary N) is 1. The van der Waals surface area contributed by atoms with Crippen molar-refractivity contribution in [3.05, 3.63) is 29.8 Å². The van der Waals surface area contributed by atoms with Crippen molar-refractivity contribution in [2.75, 3.05) is 13.1 Å². The van der Waals surface area contributed by atoms with Gasteiger partial charge in [0, 0.05) is 32.6 Å². The fourth-order valence-electron chi connectivity index (χ4n) is 2.27. The summed E-state index contributed by atoms with van der Waals surface area (Å²) in [5, 5.41) is 2.68. The molecule has 1 saturated heterocycles. The quantitative estimate of drug-likeness (QED) is 0.843. The zero-order chi connectivity index (χ0) is 15.5. The number of hydrogen-bond donors (Lipinski definition) is 2. The highest BCUT2D eigenvalue weighted by Gasteiger charge is 2.27. The fourth-order valence-corrected chi connectivity index (χ4v) is 3.74. The molecule has 0 saturated carbocycles. The van der Waals surface area contributed by atoms with E-state index in [1.165, 1.54) is 11.2 Å². The van der Waals surface area contributed by atoms with Crippen LogP contribution in [0.15, 0.2) is 29.2 Å². The topological polar surface area (TPSA) is 92.5 Å². The van der Waals surface area contributed by atoms with E-state index >= 15 is 0 Å². The number of nitrogens with zero attached hydrogens (tertiary/aromatic N) is 1. The predicted octanol–water partition coefficient (Wildman–Crippen LogP) is 0.435. The number of nitrogens with two attached hydrogens (primary N) is 1. The van der Waals surface area contributed by atoms with E-state index in [0.29, 0.717) is 32.5 Å². The van der Waals surface area contributed by atoms with Gasteiger partial charge in [0.1, 0.15) is 0 Å². The number of carbonyl (C=O) groups is 1. The standard InChI is InChI=1S/C14H21N3O3S/c1-11(18)16-10-12-2-4-14(5-3-12)21(19,20)17-8-6-13(15)7-9-17/h2-5,13H,6-10,15H2,1H3,(H,16,18). The van der Waals surface area contributed by atoms with Crippen LogP contribution in [0.4, 0.5) is 0 Å². The maximum absolute atomic E-state index is 12.5. The van der Waals surface area contributed by atoms with Gasteiger partial charge in [-0.2, -0.15) is 4.31 Å². The van der Waals surface area contributed by atoms with E-state index in [4.69, 9.17) is 5.73 Å². The zero-order valence-corrected chi connectivity index (χ0v) is 12.9. The Morgan fingerprint density at radius 2 is 1.86 bits per heavy atom. The molecule has 1 aromatic carbocycles. The molecule has 6 nitrogen and oxygen atoms in total. The third kappa shape index (κ3) is 4.03. The van der Waals surface area contributed by atoms with Gasteiger partial charge >= 0.3 is 0 Å². The molecule has 116 valence electrons. The SMILES string of the molecule is CC(=O)NCc1ccc(S(=O)(=O)N2CCC(N)CC2)cc1. The Morgan fingerprint density at radius 1 is 1.29 bits per heavy atom. The first-order chi connectivity index (χ1) is 9.89. The van der Waals surface area contributed by atoms with Crippen LogP contribution in [-0.4, -0.2) is 37.8 Å². The fraction of sp³-hybridized carbons (Fsp3) is 0.500. The van der Waals surface area contributed by atoms with E-state index in [9.17, 15) is 13.2 Å². The van der Waals surface area contributed by atoms with Crippen molar-refractivity contribution in [3.8, 4) is 0 Å². The van der Waals surface area contributed by atoms with E-state index in [-0.39, 0.29) is 16.8 Å². The van der Waals surface area contributed by atoms with E-state index in [0.717, 1.165) is 5.56 Å². The smallest absolute Gasteiger partial charge is 0.243 e. The van der Waals surface area contributed by atoms with Crippen molar-refractivity contribution >= 4 is 15.9 Å². The normalized spacial score (nSPS) is 17.6. The number of benzene rings is 1. The van der Waals surface area contributed by atoms with Crippen molar-refractivity contribution in [2.45, 2.75) is 37.2 Å². The van der Waals surface area contributed by atoms with Crippen LogP contribution < -0.4 is 11.1 Å². The molecule has 21 heavy (non-hydrogen) atoms. The molecule has 0 radical (unpaired) electrons. The maximum Gasteiger partial charge on any atom is 0.243 e. The predicted molar refractivity (Wildman–Crippen MR) is 79.9 cm³/mol. The van der Waals surface area contributed by atoms with Crippen LogP contribution in [0.3, 0.4) is 0 Å². The minimum Gasteiger partial charge on any atom is -0.352 e. The zero-order valence-electron chi connectivity index (χ0n) is 12.1. The van der Waals surface area contributed by atoms with Crippen LogP contribution in [0, 0.1) is 0 Å². The molecule has 1 amide bonds. The molecule has 1 heterocycles. The van der Waals surface area contributed by atoms with Crippen molar-refractivity contribution in [1.82, 2.24) is 9.62 Å². The highest BCUT2D eigenvalue weighted by molar-refractivity contribution is 7.89. The monoisotopic (exact) mass is 311 g/mol. The van der Waals surface area contributed by atoms with Gasteiger partial charge in [0.05, 0.1) is 4.90 Å². The van der Waals surface area contributed by atoms with Crippen LogP contribution in [0.1, 0.15) is 25.3 Å². The molecule has 0 atom stereocenters. The molecule has 0 bridgehead atoms. The van der Waals surface area contributed by atoms with Gasteiger partial charge in [0.25, 0.3) is 0 Å². The highest BCUT2D eigenvalue weighted by atomic mass is 32.2. The van der Waals surface area contributed by atoms with Crippen LogP contribution in [-0.2, 0) is 21.4 Å². The Morgan fingerprint density at radius 3 is 2.38 bits per heavy atom. The molecule has 1 aromatic rings. The van der Waals surface area contributed by atoms with Gasteiger partial charge in [-0.05, 0) is 30.5 Å². The molecule has 7 heteroatoms. The average Bonchev–Trinajstić information content (AvgIpc) is 2.46. The van der Waals surface area contributed by atoms with E-state index < -0.39 is 10.0 Å². The lowest BCUT2D eigenvalue weighted by atomic mass is 10.1. The van der Waals surface area contributed by atoms with Gasteiger partial charge in [-0.3, -0.25) is 4.79 Å². The van der Waals surface area contributed by atoms with Gasteiger partial charge in [0.15, 0.2) is 0 Å². The van der Waals surface area contributed by atoms with Crippen LogP contribution in [0.2, 0.25) is 0 Å². The first kappa shape index (κ1) is 15.9. The summed E-state index contributed by atoms with van der Waals surface area (Å²) in [5.41, 5.74) is 6.67. The second-order valence-corrected chi connectivity index (χ2v) is 7.23. The van der Waals surface area contributed by atoms with Gasteiger partial charge in [-0.15, -0.1) is 0 Å². The summed E-state index contributed by atoms with van der Waals surface area (Å²) >= 11 is 0. The molecular formula is C14H21N3O3S. The van der Waals surface area contributed by atoms with E-state index in [2.05, 4.69) is 5.32 Å². The lowest BCUT2D eigenvalue weighted by Gasteiger charge is -2.29. The number of carbonyl (C=O) groups excluding carboxylic acids is 1. The Bertz CT molecular complexity index is 590. The third-order valence-electron chi connectivity index (χ3n) is 3.60. The molecule has 1 aliphatic heterocycles. The van der Waals surface area contributed by atoms with Crippen molar-refractivity contribution in [3.63, 3.8) is 0 Å². The van der Waals surface area contributed by atoms with E-state index in [1.807, 2.05) is 0 Å². The minimum absolute atomic E-state index is 0.0940. The molecule has 0 unspecified atom stereocenters. The van der Waals surface area contributed by atoms with Gasteiger partial charge in [-0.25, -0.2) is 8.42 Å². The van der Waals surface area contributed by atoms with E-state index in [1.54, 1.807) is 24.3 Å². The van der Waals surface area contributed by atoms with Crippen molar-refractivity contribution in [1.29, 1.82) is 0 Å². The maximum atomic E-state index is 12.5. The van der Waals surface area contributed by atoms with Crippen molar-refractivity contribution in [2.24, 2.45) is 5.73 Å². The largest absolute Gasteiger partial charge is 0.352 e. The van der Waals surface area contributed by atoms with Crippen LogP contribution in [0.25, 0.3) is 0 Å². The lowest BCUT2D eigenvalue weighted by Crippen LogP contribution is -2.42. The summed E-state index contributed by atoms with van der Waals surface area (Å²) < 4.78 is 26.5. The minimum atomic E-state index is -3.44. The Kier molecular flexibility index (Phi) is 4.97. The number of rotatable bonds is 4. The number of sulfonamides is 1.